The molecule has 1 N–H and O–H groups in total. The van der Waals surface area contributed by atoms with E-state index in [1.54, 1.807) is 55.5 Å². The molecule has 192 valence electrons. The number of benzene rings is 3. The van der Waals surface area contributed by atoms with Gasteiger partial charge in [-0.05, 0) is 47.9 Å². The minimum Gasteiger partial charge on any atom is -0.465 e. The van der Waals surface area contributed by atoms with Crippen molar-refractivity contribution in [3.05, 3.63) is 106 Å². The number of esters is 1. The Bertz CT molecular complexity index is 1260. The number of hydrogen-bond donors (Lipinski definition) is 1. The van der Waals surface area contributed by atoms with E-state index in [9.17, 15) is 14.7 Å². The van der Waals surface area contributed by atoms with Crippen LogP contribution in [0.3, 0.4) is 0 Å². The van der Waals surface area contributed by atoms with E-state index in [1.165, 1.54) is 4.90 Å². The number of likely N-dealkylation sites (tertiary alicyclic amines) is 1. The van der Waals surface area contributed by atoms with Crippen LogP contribution in [0, 0.1) is 5.41 Å². The van der Waals surface area contributed by atoms with Crippen LogP contribution < -0.4 is 0 Å². The predicted molar refractivity (Wildman–Crippen MR) is 136 cm³/mol. The first-order valence-electron chi connectivity index (χ1n) is 11.9. The van der Waals surface area contributed by atoms with Crippen LogP contribution in [-0.4, -0.2) is 40.8 Å². The van der Waals surface area contributed by atoms with Gasteiger partial charge in [-0.1, -0.05) is 77.8 Å². The molecule has 0 aliphatic carbocycles. The van der Waals surface area contributed by atoms with Crippen LogP contribution in [0.4, 0.5) is 0 Å². The Kier molecular flexibility index (Phi) is 6.77. The number of nitrogens with zero attached hydrogens (tertiary/aromatic N) is 1. The van der Waals surface area contributed by atoms with Crippen LogP contribution in [0.2, 0.25) is 10.0 Å². The zero-order chi connectivity index (χ0) is 26.3. The largest absolute Gasteiger partial charge is 0.465 e. The Hall–Kier alpha value is -2.94. The van der Waals surface area contributed by atoms with Crippen molar-refractivity contribution in [1.29, 1.82) is 0 Å². The SMILES string of the molecule is CCOC(=O)[C@]12CC(c3ccc(Cl)cc3)(c3ccc(Cl)cc3)OO[C@@]1(O)CN(Cc1ccccc1)C2=O. The molecule has 2 heterocycles. The van der Waals surface area contributed by atoms with Gasteiger partial charge in [-0.3, -0.25) is 9.59 Å². The third kappa shape index (κ3) is 4.21. The minimum atomic E-state index is -2.28. The molecule has 1 amide bonds. The Balaban J connectivity index is 1.66. The summed E-state index contributed by atoms with van der Waals surface area (Å²) in [6.07, 6.45) is -0.275. The molecule has 7 nitrogen and oxygen atoms in total. The monoisotopic (exact) mass is 541 g/mol. The maximum absolute atomic E-state index is 14.1. The number of amides is 1. The van der Waals surface area contributed by atoms with Crippen LogP contribution in [0.15, 0.2) is 78.9 Å². The highest BCUT2D eigenvalue weighted by atomic mass is 35.5. The number of β-amino-alcohol motifs (C(OH)–C–C–N with tert-alkyl or cyclic N) is 1. The number of rotatable bonds is 6. The zero-order valence-corrected chi connectivity index (χ0v) is 21.5. The Morgan fingerprint density at radius 3 is 2.05 bits per heavy atom. The minimum absolute atomic E-state index is 0.0123. The summed E-state index contributed by atoms with van der Waals surface area (Å²) in [5.74, 6) is -3.77. The van der Waals surface area contributed by atoms with Gasteiger partial charge in [-0.25, -0.2) is 4.89 Å². The average Bonchev–Trinajstić information content (AvgIpc) is 3.12. The van der Waals surface area contributed by atoms with Gasteiger partial charge >= 0.3 is 5.97 Å². The van der Waals surface area contributed by atoms with Crippen LogP contribution in [0.1, 0.15) is 30.0 Å². The Morgan fingerprint density at radius 2 is 1.51 bits per heavy atom. The summed E-state index contributed by atoms with van der Waals surface area (Å²) < 4.78 is 5.40. The second-order valence-electron chi connectivity index (χ2n) is 9.24. The lowest BCUT2D eigenvalue weighted by atomic mass is 9.67. The van der Waals surface area contributed by atoms with Crippen LogP contribution in [0.5, 0.6) is 0 Å². The lowest BCUT2D eigenvalue weighted by molar-refractivity contribution is -0.497. The smallest absolute Gasteiger partial charge is 0.327 e. The van der Waals surface area contributed by atoms with Gasteiger partial charge in [-0.15, -0.1) is 0 Å². The number of hydrogen-bond acceptors (Lipinski definition) is 6. The van der Waals surface area contributed by atoms with Crippen molar-refractivity contribution in [2.24, 2.45) is 5.41 Å². The molecular formula is C28H25Cl2NO6. The van der Waals surface area contributed by atoms with E-state index in [-0.39, 0.29) is 26.1 Å². The highest BCUT2D eigenvalue weighted by molar-refractivity contribution is 6.30. The fourth-order valence-corrected chi connectivity index (χ4v) is 5.42. The quantitative estimate of drug-likeness (QED) is 0.272. The topological polar surface area (TPSA) is 85.3 Å². The van der Waals surface area contributed by atoms with Crippen molar-refractivity contribution in [1.82, 2.24) is 4.90 Å². The molecule has 0 saturated carbocycles. The fourth-order valence-electron chi connectivity index (χ4n) is 5.17. The number of fused-ring (bicyclic) bond motifs is 1. The molecule has 2 aliphatic rings. The number of ether oxygens (including phenoxy) is 1. The molecule has 0 bridgehead atoms. The summed E-state index contributed by atoms with van der Waals surface area (Å²) in [6.45, 7) is 1.54. The van der Waals surface area contributed by atoms with Gasteiger partial charge in [-0.2, -0.15) is 4.89 Å². The number of carbonyl (C=O) groups excluding carboxylic acids is 2. The Morgan fingerprint density at radius 1 is 0.946 bits per heavy atom. The molecule has 2 saturated heterocycles. The molecule has 0 spiro atoms. The molecule has 3 aromatic rings. The summed E-state index contributed by atoms with van der Waals surface area (Å²) in [4.78, 5) is 40.9. The van der Waals surface area contributed by atoms with E-state index >= 15 is 0 Å². The molecule has 0 aromatic heterocycles. The third-order valence-electron chi connectivity index (χ3n) is 7.02. The second-order valence-corrected chi connectivity index (χ2v) is 10.1. The first-order chi connectivity index (χ1) is 17.7. The highest BCUT2D eigenvalue weighted by Crippen LogP contribution is 2.57. The van der Waals surface area contributed by atoms with E-state index in [4.69, 9.17) is 37.7 Å². The molecule has 5 rings (SSSR count). The van der Waals surface area contributed by atoms with Gasteiger partial charge in [0.15, 0.2) is 5.60 Å². The normalized spacial score (nSPS) is 24.5. The van der Waals surface area contributed by atoms with Crippen LogP contribution in [-0.2, 0) is 36.2 Å². The van der Waals surface area contributed by atoms with E-state index in [2.05, 4.69) is 0 Å². The lowest BCUT2D eigenvalue weighted by Crippen LogP contribution is -2.64. The number of carbonyl (C=O) groups is 2. The van der Waals surface area contributed by atoms with Crippen LogP contribution in [0.25, 0.3) is 0 Å². The molecule has 2 aliphatic heterocycles. The molecule has 9 heteroatoms. The van der Waals surface area contributed by atoms with Gasteiger partial charge in [0, 0.05) is 23.0 Å². The van der Waals surface area contributed by atoms with Crippen molar-refractivity contribution in [2.45, 2.75) is 31.3 Å². The number of halogens is 2. The van der Waals surface area contributed by atoms with Crippen molar-refractivity contribution < 1.29 is 29.2 Å². The van der Waals surface area contributed by atoms with Crippen molar-refractivity contribution in [3.8, 4) is 0 Å². The van der Waals surface area contributed by atoms with Crippen molar-refractivity contribution in [2.75, 3.05) is 13.2 Å². The Labute approximate surface area is 224 Å². The molecule has 2 fully saturated rings. The highest BCUT2D eigenvalue weighted by Gasteiger charge is 2.76. The lowest BCUT2D eigenvalue weighted by Gasteiger charge is -2.48. The fraction of sp³-hybridized carbons (Fsp3) is 0.286. The van der Waals surface area contributed by atoms with Gasteiger partial charge in [0.2, 0.25) is 17.1 Å². The third-order valence-corrected chi connectivity index (χ3v) is 7.53. The van der Waals surface area contributed by atoms with Gasteiger partial charge < -0.3 is 14.7 Å². The van der Waals surface area contributed by atoms with E-state index in [1.807, 2.05) is 30.3 Å². The van der Waals surface area contributed by atoms with Gasteiger partial charge in [0.25, 0.3) is 0 Å². The summed E-state index contributed by atoms with van der Waals surface area (Å²) in [5, 5.41) is 12.7. The van der Waals surface area contributed by atoms with Crippen LogP contribution >= 0.6 is 23.2 Å². The van der Waals surface area contributed by atoms with Crippen molar-refractivity contribution >= 4 is 35.1 Å². The maximum atomic E-state index is 14.1. The summed E-state index contributed by atoms with van der Waals surface area (Å²) in [7, 11) is 0. The van der Waals surface area contributed by atoms with Gasteiger partial charge in [0.1, 0.15) is 0 Å². The summed E-state index contributed by atoms with van der Waals surface area (Å²) in [6, 6.07) is 22.9. The summed E-state index contributed by atoms with van der Waals surface area (Å²) >= 11 is 12.3. The summed E-state index contributed by atoms with van der Waals surface area (Å²) in [5.41, 5.74) is -1.60. The van der Waals surface area contributed by atoms with E-state index in [0.717, 1.165) is 5.56 Å². The molecule has 3 aromatic carbocycles. The first-order valence-corrected chi connectivity index (χ1v) is 12.6. The molecular weight excluding hydrogens is 517 g/mol. The van der Waals surface area contributed by atoms with Crippen molar-refractivity contribution in [3.63, 3.8) is 0 Å². The molecule has 37 heavy (non-hydrogen) atoms. The first kappa shape index (κ1) is 25.7. The number of aliphatic hydroxyl groups is 1. The molecule has 0 radical (unpaired) electrons. The maximum Gasteiger partial charge on any atom is 0.327 e. The van der Waals surface area contributed by atoms with Gasteiger partial charge in [0.05, 0.1) is 13.2 Å². The average molecular weight is 542 g/mol. The standard InChI is InChI=1S/C28H25Cl2NO6/c1-2-35-25(33)26-17-27(20-8-12-22(29)13-9-20,21-10-14-23(30)15-11-21)36-37-28(26,34)18-31(24(26)32)16-19-6-4-3-5-7-19/h3-15,34H,2,16-18H2,1H3/t26-,28+/m1/s1. The second kappa shape index (κ2) is 9.74. The predicted octanol–water partition coefficient (Wildman–Crippen LogP) is 4.87. The molecule has 0 unspecified atom stereocenters. The van der Waals surface area contributed by atoms with E-state index < -0.39 is 28.7 Å². The zero-order valence-electron chi connectivity index (χ0n) is 20.0. The molecule has 2 atom stereocenters. The van der Waals surface area contributed by atoms with E-state index in [0.29, 0.717) is 21.2 Å².